The monoisotopic (exact) mass is 189 g/mol. The number of likely N-dealkylation sites (N-methyl/N-ethyl adjacent to an activating group) is 1. The van der Waals surface area contributed by atoms with Crippen LogP contribution in [-0.4, -0.2) is 13.6 Å². The predicted octanol–water partition coefficient (Wildman–Crippen LogP) is 2.88. The molecule has 1 aromatic rings. The van der Waals surface area contributed by atoms with Gasteiger partial charge in [-0.3, -0.25) is 0 Å². The first kappa shape index (κ1) is 9.57. The van der Waals surface area contributed by atoms with Crippen LogP contribution in [0.2, 0.25) is 0 Å². The largest absolute Gasteiger partial charge is 0.374 e. The van der Waals surface area contributed by atoms with Crippen LogP contribution in [0.1, 0.15) is 25.0 Å². The van der Waals surface area contributed by atoms with Gasteiger partial charge in [0.05, 0.1) is 0 Å². The second kappa shape index (κ2) is 3.64. The molecule has 0 amide bonds. The lowest BCUT2D eigenvalue weighted by atomic mass is 10.0. The maximum atomic E-state index is 2.36. The zero-order valence-electron chi connectivity index (χ0n) is 9.38. The zero-order chi connectivity index (χ0) is 10.1. The minimum Gasteiger partial charge on any atom is -0.374 e. The lowest BCUT2D eigenvalue weighted by molar-refractivity contribution is 0.647. The first-order chi connectivity index (χ1) is 6.66. The summed E-state index contributed by atoms with van der Waals surface area (Å²) in [5.41, 5.74) is 4.44. The minimum atomic E-state index is 0.750. The fourth-order valence-corrected chi connectivity index (χ4v) is 2.18. The van der Waals surface area contributed by atoms with Crippen molar-refractivity contribution in [3.8, 4) is 0 Å². The van der Waals surface area contributed by atoms with Gasteiger partial charge in [0.1, 0.15) is 0 Å². The van der Waals surface area contributed by atoms with Crippen LogP contribution in [0.15, 0.2) is 18.2 Å². The van der Waals surface area contributed by atoms with Crippen molar-refractivity contribution in [3.05, 3.63) is 29.3 Å². The van der Waals surface area contributed by atoms with Gasteiger partial charge in [-0.2, -0.15) is 0 Å². The summed E-state index contributed by atoms with van der Waals surface area (Å²) in [6, 6.07) is 6.96. The molecule has 1 heteroatoms. The van der Waals surface area contributed by atoms with E-state index in [1.807, 2.05) is 0 Å². The number of fused-ring (bicyclic) bond motifs is 1. The van der Waals surface area contributed by atoms with Gasteiger partial charge >= 0.3 is 0 Å². The topological polar surface area (TPSA) is 3.24 Å². The normalized spacial score (nSPS) is 15.0. The fraction of sp³-hybridized carbons (Fsp3) is 0.538. The number of benzene rings is 1. The molecule has 0 unspecified atom stereocenters. The highest BCUT2D eigenvalue weighted by Crippen LogP contribution is 2.28. The van der Waals surface area contributed by atoms with Gasteiger partial charge in [0.25, 0.3) is 0 Å². The van der Waals surface area contributed by atoms with Crippen LogP contribution in [0, 0.1) is 5.92 Å². The molecule has 14 heavy (non-hydrogen) atoms. The number of hydrogen-bond donors (Lipinski definition) is 0. The maximum Gasteiger partial charge on any atom is 0.0399 e. The molecule has 1 aliphatic rings. The van der Waals surface area contributed by atoms with E-state index in [1.54, 1.807) is 0 Å². The molecule has 0 bridgehead atoms. The van der Waals surface area contributed by atoms with Crippen molar-refractivity contribution >= 4 is 5.69 Å². The summed E-state index contributed by atoms with van der Waals surface area (Å²) in [7, 11) is 2.19. The molecule has 2 rings (SSSR count). The standard InChI is InChI=1S/C13H19N/c1-10(2)8-11-4-5-12-6-7-14(3)13(12)9-11/h4-5,9-10H,6-8H2,1-3H3. The smallest absolute Gasteiger partial charge is 0.0399 e. The predicted molar refractivity (Wildman–Crippen MR) is 62.0 cm³/mol. The van der Waals surface area contributed by atoms with E-state index in [9.17, 15) is 0 Å². The minimum absolute atomic E-state index is 0.750. The second-order valence-corrected chi connectivity index (χ2v) is 4.73. The number of nitrogens with zero attached hydrogens (tertiary/aromatic N) is 1. The Morgan fingerprint density at radius 3 is 2.86 bits per heavy atom. The summed E-state index contributed by atoms with van der Waals surface area (Å²) in [5, 5.41) is 0. The Labute approximate surface area is 86.7 Å². The van der Waals surface area contributed by atoms with Crippen LogP contribution >= 0.6 is 0 Å². The average Bonchev–Trinajstić information content (AvgIpc) is 2.47. The Morgan fingerprint density at radius 2 is 2.14 bits per heavy atom. The van der Waals surface area contributed by atoms with Crippen molar-refractivity contribution in [1.82, 2.24) is 0 Å². The lowest BCUT2D eigenvalue weighted by Gasteiger charge is -2.13. The highest BCUT2D eigenvalue weighted by atomic mass is 15.1. The summed E-state index contributed by atoms with van der Waals surface area (Å²) >= 11 is 0. The van der Waals surface area contributed by atoms with Gasteiger partial charge in [0, 0.05) is 19.3 Å². The highest BCUT2D eigenvalue weighted by molar-refractivity contribution is 5.58. The van der Waals surface area contributed by atoms with Crippen molar-refractivity contribution in [1.29, 1.82) is 0 Å². The van der Waals surface area contributed by atoms with Gasteiger partial charge in [0.15, 0.2) is 0 Å². The molecule has 0 atom stereocenters. The third-order valence-electron chi connectivity index (χ3n) is 2.92. The fourth-order valence-electron chi connectivity index (χ4n) is 2.18. The van der Waals surface area contributed by atoms with Crippen LogP contribution in [0.5, 0.6) is 0 Å². The van der Waals surface area contributed by atoms with E-state index >= 15 is 0 Å². The molecule has 1 heterocycles. The Balaban J connectivity index is 2.26. The number of anilines is 1. The molecule has 1 nitrogen and oxygen atoms in total. The number of hydrogen-bond acceptors (Lipinski definition) is 1. The van der Waals surface area contributed by atoms with Crippen LogP contribution in [0.25, 0.3) is 0 Å². The summed E-state index contributed by atoms with van der Waals surface area (Å²) < 4.78 is 0. The van der Waals surface area contributed by atoms with Crippen LogP contribution in [-0.2, 0) is 12.8 Å². The van der Waals surface area contributed by atoms with E-state index in [2.05, 4.69) is 44.0 Å². The summed E-state index contributed by atoms with van der Waals surface area (Å²) in [6.07, 6.45) is 2.41. The van der Waals surface area contributed by atoms with E-state index < -0.39 is 0 Å². The van der Waals surface area contributed by atoms with E-state index in [1.165, 1.54) is 36.2 Å². The molecular weight excluding hydrogens is 170 g/mol. The first-order valence-electron chi connectivity index (χ1n) is 5.50. The third kappa shape index (κ3) is 1.77. The molecule has 0 spiro atoms. The Kier molecular flexibility index (Phi) is 2.49. The quantitative estimate of drug-likeness (QED) is 0.691. The van der Waals surface area contributed by atoms with Crippen molar-refractivity contribution < 1.29 is 0 Å². The summed E-state index contributed by atoms with van der Waals surface area (Å²) in [4.78, 5) is 2.36. The van der Waals surface area contributed by atoms with E-state index in [0.29, 0.717) is 0 Å². The molecule has 0 saturated heterocycles. The van der Waals surface area contributed by atoms with Crippen molar-refractivity contribution in [2.75, 3.05) is 18.5 Å². The molecule has 76 valence electrons. The van der Waals surface area contributed by atoms with Crippen LogP contribution < -0.4 is 4.90 Å². The lowest BCUT2D eigenvalue weighted by Crippen LogP contribution is -2.12. The van der Waals surface area contributed by atoms with Crippen LogP contribution in [0.4, 0.5) is 5.69 Å². The Morgan fingerprint density at radius 1 is 1.36 bits per heavy atom. The molecule has 1 aliphatic heterocycles. The first-order valence-corrected chi connectivity index (χ1v) is 5.50. The molecule has 0 N–H and O–H groups in total. The second-order valence-electron chi connectivity index (χ2n) is 4.73. The van der Waals surface area contributed by atoms with E-state index in [0.717, 1.165) is 5.92 Å². The van der Waals surface area contributed by atoms with E-state index in [-0.39, 0.29) is 0 Å². The summed E-state index contributed by atoms with van der Waals surface area (Å²) in [5.74, 6) is 0.750. The third-order valence-corrected chi connectivity index (χ3v) is 2.92. The van der Waals surface area contributed by atoms with Crippen molar-refractivity contribution in [2.24, 2.45) is 5.92 Å². The highest BCUT2D eigenvalue weighted by Gasteiger charge is 2.15. The molecule has 0 saturated carbocycles. The molecule has 0 aromatic heterocycles. The molecule has 0 radical (unpaired) electrons. The Hall–Kier alpha value is -0.980. The van der Waals surface area contributed by atoms with Crippen molar-refractivity contribution in [2.45, 2.75) is 26.7 Å². The molecule has 1 aromatic carbocycles. The van der Waals surface area contributed by atoms with Gasteiger partial charge in [0.2, 0.25) is 0 Å². The van der Waals surface area contributed by atoms with Crippen LogP contribution in [0.3, 0.4) is 0 Å². The molecule has 0 fully saturated rings. The van der Waals surface area contributed by atoms with Gasteiger partial charge in [-0.1, -0.05) is 26.0 Å². The van der Waals surface area contributed by atoms with Gasteiger partial charge in [-0.25, -0.2) is 0 Å². The average molecular weight is 189 g/mol. The molecular formula is C13H19N. The van der Waals surface area contributed by atoms with Gasteiger partial charge < -0.3 is 4.90 Å². The van der Waals surface area contributed by atoms with Crippen molar-refractivity contribution in [3.63, 3.8) is 0 Å². The zero-order valence-corrected chi connectivity index (χ0v) is 9.38. The Bertz CT molecular complexity index is 328. The van der Waals surface area contributed by atoms with Gasteiger partial charge in [-0.15, -0.1) is 0 Å². The number of rotatable bonds is 2. The van der Waals surface area contributed by atoms with E-state index in [4.69, 9.17) is 0 Å². The SMILES string of the molecule is CC(C)Cc1ccc2c(c1)N(C)CC2. The molecule has 0 aliphatic carbocycles. The van der Waals surface area contributed by atoms with Gasteiger partial charge in [-0.05, 0) is 36.0 Å². The maximum absolute atomic E-state index is 2.36. The summed E-state index contributed by atoms with van der Waals surface area (Å²) in [6.45, 7) is 5.73.